The van der Waals surface area contributed by atoms with E-state index in [0.29, 0.717) is 19.3 Å². The summed E-state index contributed by atoms with van der Waals surface area (Å²) in [6, 6.07) is 0. The maximum absolute atomic E-state index is 12.3. The van der Waals surface area contributed by atoms with Crippen LogP contribution >= 0.6 is 0 Å². The third kappa shape index (κ3) is 6.18. The van der Waals surface area contributed by atoms with Crippen molar-refractivity contribution in [2.45, 2.75) is 77.6 Å². The Balaban J connectivity index is 2.78. The zero-order valence-corrected chi connectivity index (χ0v) is 13.8. The zero-order valence-electron chi connectivity index (χ0n) is 13.8. The number of unbranched alkanes of at least 4 members (excludes halogenated alkanes) is 2. The first-order valence-electron chi connectivity index (χ1n) is 8.18. The second-order valence-corrected chi connectivity index (χ2v) is 5.91. The van der Waals surface area contributed by atoms with Gasteiger partial charge in [0, 0.05) is 6.92 Å². The van der Waals surface area contributed by atoms with Gasteiger partial charge in [-0.3, -0.25) is 9.59 Å². The molecule has 0 saturated carbocycles. The Bertz CT molecular complexity index is 391. The molecular weight excluding hydrogens is 284 g/mol. The van der Waals surface area contributed by atoms with Crippen molar-refractivity contribution in [2.24, 2.45) is 5.92 Å². The number of carbonyl (C=O) groups is 2. The molecule has 5 heteroatoms. The smallest absolute Gasteiger partial charge is 0.313 e. The van der Waals surface area contributed by atoms with Crippen molar-refractivity contribution in [3.8, 4) is 0 Å². The Kier molecular flexibility index (Phi) is 8.17. The highest BCUT2D eigenvalue weighted by molar-refractivity contribution is 5.74. The van der Waals surface area contributed by atoms with Gasteiger partial charge in [0.15, 0.2) is 0 Å². The number of esters is 2. The van der Waals surface area contributed by atoms with Crippen molar-refractivity contribution in [3.63, 3.8) is 0 Å². The monoisotopic (exact) mass is 312 g/mol. The van der Waals surface area contributed by atoms with Crippen molar-refractivity contribution < 1.29 is 24.2 Å². The lowest BCUT2D eigenvalue weighted by Crippen LogP contribution is -2.37. The minimum Gasteiger partial charge on any atom is -0.459 e. The minimum absolute atomic E-state index is 0.425. The number of hydrogen-bond donors (Lipinski definition) is 1. The first-order valence-corrected chi connectivity index (χ1v) is 8.18. The summed E-state index contributed by atoms with van der Waals surface area (Å²) < 4.78 is 10.7. The molecule has 5 nitrogen and oxygen atoms in total. The molecule has 0 spiro atoms. The molecule has 1 aliphatic heterocycles. The molecule has 0 fully saturated rings. The highest BCUT2D eigenvalue weighted by Gasteiger charge is 2.31. The summed E-state index contributed by atoms with van der Waals surface area (Å²) in [5, 5.41) is 10.2. The molecule has 0 bridgehead atoms. The number of hydrogen-bond acceptors (Lipinski definition) is 5. The Morgan fingerprint density at radius 2 is 2.18 bits per heavy atom. The molecule has 22 heavy (non-hydrogen) atoms. The summed E-state index contributed by atoms with van der Waals surface area (Å²) in [6.45, 7) is 5.10. The molecule has 1 unspecified atom stereocenters. The van der Waals surface area contributed by atoms with Crippen LogP contribution in [-0.4, -0.2) is 35.4 Å². The van der Waals surface area contributed by atoms with Gasteiger partial charge in [0.25, 0.3) is 0 Å². The lowest BCUT2D eigenvalue weighted by Gasteiger charge is -2.27. The van der Waals surface area contributed by atoms with Crippen LogP contribution in [0, 0.1) is 5.92 Å². The molecule has 0 aromatic heterocycles. The molecule has 0 saturated heterocycles. The van der Waals surface area contributed by atoms with Crippen molar-refractivity contribution >= 4 is 11.9 Å². The van der Waals surface area contributed by atoms with Crippen LogP contribution in [0.3, 0.4) is 0 Å². The molecule has 0 radical (unpaired) electrons. The average Bonchev–Trinajstić information content (AvgIpc) is 2.47. The van der Waals surface area contributed by atoms with Crippen LogP contribution in [0.25, 0.3) is 0 Å². The van der Waals surface area contributed by atoms with E-state index in [1.54, 1.807) is 13.0 Å². The van der Waals surface area contributed by atoms with Crippen molar-refractivity contribution in [3.05, 3.63) is 12.2 Å². The van der Waals surface area contributed by atoms with Gasteiger partial charge in [0.05, 0.1) is 12.0 Å². The fraction of sp³-hybridized carbons (Fsp3) is 0.765. The van der Waals surface area contributed by atoms with Crippen LogP contribution in [0.5, 0.6) is 0 Å². The van der Waals surface area contributed by atoms with Crippen molar-refractivity contribution in [1.29, 1.82) is 0 Å². The van der Waals surface area contributed by atoms with Crippen LogP contribution in [0.4, 0.5) is 0 Å². The molecular formula is C17H28O5. The second kappa shape index (κ2) is 9.62. The summed E-state index contributed by atoms with van der Waals surface area (Å²) in [5.74, 6) is -1.44. The zero-order chi connectivity index (χ0) is 16.5. The van der Waals surface area contributed by atoms with E-state index in [-0.39, 0.29) is 0 Å². The van der Waals surface area contributed by atoms with E-state index >= 15 is 0 Å². The van der Waals surface area contributed by atoms with E-state index < -0.39 is 36.2 Å². The Hall–Kier alpha value is -1.36. The van der Waals surface area contributed by atoms with Crippen LogP contribution in [0.1, 0.15) is 59.3 Å². The first-order chi connectivity index (χ1) is 10.5. The quantitative estimate of drug-likeness (QED) is 0.480. The lowest BCUT2D eigenvalue weighted by molar-refractivity contribution is -0.166. The SMILES string of the molecule is CCCCCC1OC(=O)[C@H](C)[C@H](OC(C)=O)/C=C/CC[C@@H]1O. The van der Waals surface area contributed by atoms with Gasteiger partial charge in [-0.2, -0.15) is 0 Å². The standard InChI is InChI=1S/C17H28O5/c1-4-5-6-11-16-14(19)9-7-8-10-15(21-13(3)18)12(2)17(20)22-16/h8,10,12,14-16,19H,4-7,9,11H2,1-3H3/b10-8+/t12-,14+,15-,16?/m1/s1. The Morgan fingerprint density at radius 3 is 2.82 bits per heavy atom. The topological polar surface area (TPSA) is 72.8 Å². The molecule has 4 atom stereocenters. The highest BCUT2D eigenvalue weighted by atomic mass is 16.6. The number of ether oxygens (including phenoxy) is 2. The van der Waals surface area contributed by atoms with E-state index in [1.165, 1.54) is 6.92 Å². The maximum atomic E-state index is 12.3. The summed E-state index contributed by atoms with van der Waals surface area (Å²) in [6.07, 6.45) is 6.71. The van der Waals surface area contributed by atoms with E-state index in [0.717, 1.165) is 19.3 Å². The van der Waals surface area contributed by atoms with Gasteiger partial charge in [-0.1, -0.05) is 25.8 Å². The van der Waals surface area contributed by atoms with Gasteiger partial charge in [-0.15, -0.1) is 0 Å². The van der Waals surface area contributed by atoms with Crippen LogP contribution in [-0.2, 0) is 19.1 Å². The number of aliphatic hydroxyl groups excluding tert-OH is 1. The Morgan fingerprint density at radius 1 is 1.45 bits per heavy atom. The van der Waals surface area contributed by atoms with E-state index in [4.69, 9.17) is 9.47 Å². The lowest BCUT2D eigenvalue weighted by atomic mass is 9.98. The Labute approximate surface area is 132 Å². The number of cyclic esters (lactones) is 1. The molecule has 1 heterocycles. The third-order valence-corrected chi connectivity index (χ3v) is 3.91. The predicted molar refractivity (Wildman–Crippen MR) is 83.1 cm³/mol. The first kappa shape index (κ1) is 18.7. The molecule has 1 N–H and O–H groups in total. The number of rotatable bonds is 5. The van der Waals surface area contributed by atoms with Gasteiger partial charge in [-0.25, -0.2) is 0 Å². The van der Waals surface area contributed by atoms with Gasteiger partial charge in [0.2, 0.25) is 0 Å². The molecule has 1 rings (SSSR count). The largest absolute Gasteiger partial charge is 0.459 e. The predicted octanol–water partition coefficient (Wildman–Crippen LogP) is 2.76. The third-order valence-electron chi connectivity index (χ3n) is 3.91. The summed E-state index contributed by atoms with van der Waals surface area (Å²) in [5.41, 5.74) is 0. The van der Waals surface area contributed by atoms with Crippen LogP contribution < -0.4 is 0 Å². The summed E-state index contributed by atoms with van der Waals surface area (Å²) >= 11 is 0. The second-order valence-electron chi connectivity index (χ2n) is 5.91. The summed E-state index contributed by atoms with van der Waals surface area (Å²) in [7, 11) is 0. The number of allylic oxidation sites excluding steroid dienone is 1. The summed E-state index contributed by atoms with van der Waals surface area (Å²) in [4.78, 5) is 23.4. The van der Waals surface area contributed by atoms with Crippen LogP contribution in [0.2, 0.25) is 0 Å². The fourth-order valence-corrected chi connectivity index (χ4v) is 2.50. The number of carbonyl (C=O) groups excluding carboxylic acids is 2. The highest BCUT2D eigenvalue weighted by Crippen LogP contribution is 2.21. The molecule has 0 amide bonds. The fourth-order valence-electron chi connectivity index (χ4n) is 2.50. The van der Waals surface area contributed by atoms with E-state index in [2.05, 4.69) is 6.92 Å². The minimum atomic E-state index is -0.650. The maximum Gasteiger partial charge on any atom is 0.313 e. The number of aliphatic hydroxyl groups is 1. The van der Waals surface area contributed by atoms with Gasteiger partial charge < -0.3 is 14.6 Å². The van der Waals surface area contributed by atoms with Crippen LogP contribution in [0.15, 0.2) is 12.2 Å². The molecule has 0 aromatic rings. The van der Waals surface area contributed by atoms with Crippen molar-refractivity contribution in [1.82, 2.24) is 0 Å². The van der Waals surface area contributed by atoms with Gasteiger partial charge in [-0.05, 0) is 38.7 Å². The van der Waals surface area contributed by atoms with Crippen molar-refractivity contribution in [2.75, 3.05) is 0 Å². The molecule has 1 aliphatic rings. The molecule has 126 valence electrons. The van der Waals surface area contributed by atoms with Gasteiger partial charge in [0.1, 0.15) is 12.2 Å². The normalized spacial score (nSPS) is 31.2. The van der Waals surface area contributed by atoms with Gasteiger partial charge >= 0.3 is 11.9 Å². The average molecular weight is 312 g/mol. The van der Waals surface area contributed by atoms with E-state index in [1.807, 2.05) is 6.08 Å². The molecule has 0 aromatic carbocycles. The van der Waals surface area contributed by atoms with E-state index in [9.17, 15) is 14.7 Å². The molecule has 0 aliphatic carbocycles.